The summed E-state index contributed by atoms with van der Waals surface area (Å²) < 4.78 is 6.88. The molecule has 6 rings (SSSR count). The molecular formula is C28H17IN2O. The van der Waals surface area contributed by atoms with Gasteiger partial charge in [-0.05, 0) is 64.0 Å². The Balaban J connectivity index is 1.42. The molecule has 152 valence electrons. The first-order valence-electron chi connectivity index (χ1n) is 10.4. The Kier molecular flexibility index (Phi) is 4.72. The van der Waals surface area contributed by atoms with Crippen LogP contribution in [0.15, 0.2) is 108 Å². The molecular weight excluding hydrogens is 507 g/mol. The minimum absolute atomic E-state index is 0.726. The van der Waals surface area contributed by atoms with Gasteiger partial charge in [0, 0.05) is 21.9 Å². The van der Waals surface area contributed by atoms with Crippen LogP contribution in [0.1, 0.15) is 0 Å². The number of para-hydroxylation sites is 1. The first kappa shape index (κ1) is 19.2. The van der Waals surface area contributed by atoms with Gasteiger partial charge in [0.1, 0.15) is 14.9 Å². The van der Waals surface area contributed by atoms with Crippen molar-refractivity contribution in [1.29, 1.82) is 0 Å². The van der Waals surface area contributed by atoms with Crippen molar-refractivity contribution in [3.8, 4) is 33.8 Å². The van der Waals surface area contributed by atoms with Gasteiger partial charge in [-0.1, -0.05) is 72.8 Å². The molecule has 32 heavy (non-hydrogen) atoms. The molecule has 0 N–H and O–H groups in total. The predicted molar refractivity (Wildman–Crippen MR) is 138 cm³/mol. The van der Waals surface area contributed by atoms with E-state index in [1.54, 1.807) is 0 Å². The molecule has 4 heteroatoms. The van der Waals surface area contributed by atoms with Gasteiger partial charge in [-0.3, -0.25) is 0 Å². The van der Waals surface area contributed by atoms with Gasteiger partial charge in [0.05, 0.1) is 5.69 Å². The average molecular weight is 524 g/mol. The molecule has 0 unspecified atom stereocenters. The van der Waals surface area contributed by atoms with E-state index >= 15 is 0 Å². The second-order valence-corrected chi connectivity index (χ2v) is 8.76. The minimum Gasteiger partial charge on any atom is -0.456 e. The maximum Gasteiger partial charge on any atom is 0.160 e. The summed E-state index contributed by atoms with van der Waals surface area (Å²) >= 11 is 2.26. The van der Waals surface area contributed by atoms with Crippen LogP contribution in [-0.4, -0.2) is 9.97 Å². The summed E-state index contributed by atoms with van der Waals surface area (Å²) in [5, 5.41) is 2.21. The van der Waals surface area contributed by atoms with Gasteiger partial charge >= 0.3 is 0 Å². The van der Waals surface area contributed by atoms with Gasteiger partial charge in [0.15, 0.2) is 5.82 Å². The quantitative estimate of drug-likeness (QED) is 0.174. The first-order chi connectivity index (χ1) is 15.7. The third-order valence-electron chi connectivity index (χ3n) is 5.62. The molecule has 0 amide bonds. The Hall–Kier alpha value is -3.51. The Labute approximate surface area is 198 Å². The minimum atomic E-state index is 0.726. The van der Waals surface area contributed by atoms with E-state index in [1.807, 2.05) is 36.4 Å². The highest BCUT2D eigenvalue weighted by molar-refractivity contribution is 14.1. The molecule has 0 saturated heterocycles. The predicted octanol–water partition coefficient (Wildman–Crippen LogP) is 7.98. The van der Waals surface area contributed by atoms with Crippen molar-refractivity contribution in [1.82, 2.24) is 9.97 Å². The van der Waals surface area contributed by atoms with Gasteiger partial charge in [0.2, 0.25) is 0 Å². The van der Waals surface area contributed by atoms with Crippen LogP contribution in [0.4, 0.5) is 0 Å². The van der Waals surface area contributed by atoms with Gasteiger partial charge in [-0.15, -0.1) is 0 Å². The van der Waals surface area contributed by atoms with E-state index in [9.17, 15) is 0 Å². The summed E-state index contributed by atoms with van der Waals surface area (Å²) in [6.07, 6.45) is 0. The van der Waals surface area contributed by atoms with Crippen molar-refractivity contribution in [3.05, 3.63) is 107 Å². The van der Waals surface area contributed by atoms with E-state index in [2.05, 4.69) is 89.3 Å². The number of aromatic nitrogens is 2. The molecule has 0 aliphatic heterocycles. The molecule has 0 radical (unpaired) electrons. The van der Waals surface area contributed by atoms with Crippen LogP contribution in [0.25, 0.3) is 55.7 Å². The van der Waals surface area contributed by atoms with Crippen molar-refractivity contribution < 1.29 is 4.42 Å². The van der Waals surface area contributed by atoms with E-state index in [0.717, 1.165) is 48.3 Å². The standard InChI is InChI=1S/C28H17IN2O/c29-27-17-24(21-14-15-26-23(16-21)22-8-4-5-9-25(22)32-26)30-28(31-27)20-12-10-19(11-13-20)18-6-2-1-3-7-18/h1-17H. The lowest BCUT2D eigenvalue weighted by Crippen LogP contribution is -1.95. The number of benzene rings is 4. The van der Waals surface area contributed by atoms with Crippen LogP contribution in [0.2, 0.25) is 0 Å². The van der Waals surface area contributed by atoms with Crippen molar-refractivity contribution in [3.63, 3.8) is 0 Å². The molecule has 0 saturated carbocycles. The van der Waals surface area contributed by atoms with Crippen LogP contribution in [0.5, 0.6) is 0 Å². The second-order valence-electron chi connectivity index (χ2n) is 7.65. The van der Waals surface area contributed by atoms with Crippen LogP contribution in [0, 0.1) is 3.70 Å². The molecule has 0 aliphatic carbocycles. The maximum absolute atomic E-state index is 5.97. The largest absolute Gasteiger partial charge is 0.456 e. The van der Waals surface area contributed by atoms with E-state index in [-0.39, 0.29) is 0 Å². The van der Waals surface area contributed by atoms with Crippen LogP contribution in [-0.2, 0) is 0 Å². The summed E-state index contributed by atoms with van der Waals surface area (Å²) in [5.74, 6) is 0.726. The van der Waals surface area contributed by atoms with E-state index in [1.165, 1.54) is 11.1 Å². The van der Waals surface area contributed by atoms with Gasteiger partial charge < -0.3 is 4.42 Å². The normalized spacial score (nSPS) is 11.3. The number of halogens is 1. The van der Waals surface area contributed by atoms with Gasteiger partial charge in [-0.25, -0.2) is 9.97 Å². The number of furan rings is 1. The lowest BCUT2D eigenvalue weighted by molar-refractivity contribution is 0.669. The molecule has 0 aliphatic rings. The molecule has 2 aromatic heterocycles. The monoisotopic (exact) mass is 524 g/mol. The van der Waals surface area contributed by atoms with Crippen LogP contribution >= 0.6 is 22.6 Å². The van der Waals surface area contributed by atoms with Crippen LogP contribution < -0.4 is 0 Å². The number of hydrogen-bond acceptors (Lipinski definition) is 3. The SMILES string of the molecule is Ic1cc(-c2ccc3oc4ccccc4c3c2)nc(-c2ccc(-c3ccccc3)cc2)n1. The Morgan fingerprint density at radius 2 is 1.19 bits per heavy atom. The number of nitrogens with zero attached hydrogens (tertiary/aromatic N) is 2. The van der Waals surface area contributed by atoms with Crippen LogP contribution in [0.3, 0.4) is 0 Å². The molecule has 0 fully saturated rings. The highest BCUT2D eigenvalue weighted by Crippen LogP contribution is 2.33. The third kappa shape index (κ3) is 3.46. The van der Waals surface area contributed by atoms with Crippen molar-refractivity contribution in [2.75, 3.05) is 0 Å². The van der Waals surface area contributed by atoms with Crippen molar-refractivity contribution >= 4 is 44.5 Å². The zero-order valence-electron chi connectivity index (χ0n) is 17.0. The molecule has 6 aromatic rings. The molecule has 0 spiro atoms. The number of rotatable bonds is 3. The number of hydrogen-bond donors (Lipinski definition) is 0. The second kappa shape index (κ2) is 7.88. The fourth-order valence-electron chi connectivity index (χ4n) is 4.02. The van der Waals surface area contributed by atoms with Gasteiger partial charge in [-0.2, -0.15) is 0 Å². The summed E-state index contributed by atoms with van der Waals surface area (Å²) in [5.41, 5.74) is 7.11. The zero-order valence-corrected chi connectivity index (χ0v) is 19.2. The first-order valence-corrected chi connectivity index (χ1v) is 11.4. The smallest absolute Gasteiger partial charge is 0.160 e. The Morgan fingerprint density at radius 3 is 2.03 bits per heavy atom. The fourth-order valence-corrected chi connectivity index (χ4v) is 4.55. The lowest BCUT2D eigenvalue weighted by atomic mass is 10.0. The lowest BCUT2D eigenvalue weighted by Gasteiger charge is -2.07. The highest BCUT2D eigenvalue weighted by atomic mass is 127. The average Bonchev–Trinajstić information content (AvgIpc) is 3.22. The fraction of sp³-hybridized carbons (Fsp3) is 0. The van der Waals surface area contributed by atoms with Gasteiger partial charge in [0.25, 0.3) is 0 Å². The topological polar surface area (TPSA) is 38.9 Å². The molecule has 0 atom stereocenters. The summed E-state index contributed by atoms with van der Waals surface area (Å²) in [6.45, 7) is 0. The number of fused-ring (bicyclic) bond motifs is 3. The zero-order chi connectivity index (χ0) is 21.5. The Morgan fingerprint density at radius 1 is 0.531 bits per heavy atom. The molecule has 4 aromatic carbocycles. The molecule has 0 bridgehead atoms. The van der Waals surface area contributed by atoms with E-state index in [0.29, 0.717) is 0 Å². The Bertz CT molecular complexity index is 1570. The third-order valence-corrected chi connectivity index (χ3v) is 6.17. The van der Waals surface area contributed by atoms with Crippen molar-refractivity contribution in [2.24, 2.45) is 0 Å². The molecule has 3 nitrogen and oxygen atoms in total. The highest BCUT2D eigenvalue weighted by Gasteiger charge is 2.11. The van der Waals surface area contributed by atoms with E-state index < -0.39 is 0 Å². The van der Waals surface area contributed by atoms with Crippen molar-refractivity contribution in [2.45, 2.75) is 0 Å². The van der Waals surface area contributed by atoms with E-state index in [4.69, 9.17) is 14.4 Å². The maximum atomic E-state index is 5.97. The molecule has 2 heterocycles. The summed E-state index contributed by atoms with van der Waals surface area (Å²) in [7, 11) is 0. The summed E-state index contributed by atoms with van der Waals surface area (Å²) in [6, 6.07) is 35.2. The summed E-state index contributed by atoms with van der Waals surface area (Å²) in [4.78, 5) is 9.59.